The maximum atomic E-state index is 12.1. The molecule has 29 heavy (non-hydrogen) atoms. The van der Waals surface area contributed by atoms with Crippen LogP contribution in [-0.4, -0.2) is 12.1 Å². The van der Waals surface area contributed by atoms with Gasteiger partial charge in [0.05, 0.1) is 12.6 Å². The summed E-state index contributed by atoms with van der Waals surface area (Å²) >= 11 is 9.48. The van der Waals surface area contributed by atoms with Crippen LogP contribution in [0.2, 0.25) is 5.02 Å². The van der Waals surface area contributed by atoms with Crippen LogP contribution >= 0.6 is 27.5 Å². The van der Waals surface area contributed by atoms with E-state index in [0.29, 0.717) is 22.9 Å². The van der Waals surface area contributed by atoms with Gasteiger partial charge in [0.25, 0.3) is 0 Å². The molecule has 0 unspecified atom stereocenters. The first kappa shape index (κ1) is 21.1. The number of carbonyl (C=O) groups excluding carboxylic acids is 1. The Kier molecular flexibility index (Phi) is 7.44. The van der Waals surface area contributed by atoms with Crippen LogP contribution in [0.5, 0.6) is 5.75 Å². The van der Waals surface area contributed by atoms with Crippen LogP contribution in [0.25, 0.3) is 0 Å². The van der Waals surface area contributed by atoms with Crippen molar-refractivity contribution in [3.8, 4) is 5.75 Å². The number of halogens is 2. The molecule has 0 saturated carbocycles. The maximum Gasteiger partial charge on any atom is 0.244 e. The quantitative estimate of drug-likeness (QED) is 0.356. The van der Waals surface area contributed by atoms with E-state index in [1.165, 1.54) is 11.8 Å². The lowest BCUT2D eigenvalue weighted by molar-refractivity contribution is -0.120. The molecule has 1 N–H and O–H groups in total. The highest BCUT2D eigenvalue weighted by atomic mass is 79.9. The predicted octanol–water partition coefficient (Wildman–Crippen LogP) is 5.68. The van der Waals surface area contributed by atoms with E-state index in [4.69, 9.17) is 16.3 Å². The molecular formula is C23H20BrClN2O2. The Hall–Kier alpha value is -2.63. The second-order valence-electron chi connectivity index (χ2n) is 6.55. The molecule has 0 saturated heterocycles. The summed E-state index contributed by atoms with van der Waals surface area (Å²) in [6, 6.07) is 21.0. The summed E-state index contributed by atoms with van der Waals surface area (Å²) in [6.45, 7) is 2.47. The number of carbonyl (C=O) groups is 1. The molecule has 0 aliphatic heterocycles. The van der Waals surface area contributed by atoms with Gasteiger partial charge in [-0.15, -0.1) is 0 Å². The summed E-state index contributed by atoms with van der Waals surface area (Å²) in [6.07, 6.45) is 1.78. The molecule has 3 rings (SSSR count). The smallest absolute Gasteiger partial charge is 0.244 e. The van der Waals surface area contributed by atoms with E-state index in [0.717, 1.165) is 15.6 Å². The topological polar surface area (TPSA) is 50.7 Å². The first-order valence-electron chi connectivity index (χ1n) is 9.04. The number of benzene rings is 3. The van der Waals surface area contributed by atoms with Crippen LogP contribution in [0.3, 0.4) is 0 Å². The number of hydrogen-bond donors (Lipinski definition) is 1. The Morgan fingerprint density at radius 1 is 1.07 bits per heavy atom. The Bertz CT molecular complexity index is 1000. The normalized spacial score (nSPS) is 10.9. The lowest BCUT2D eigenvalue weighted by Gasteiger charge is -2.10. The largest absolute Gasteiger partial charge is 0.488 e. The summed E-state index contributed by atoms with van der Waals surface area (Å²) in [5.74, 6) is 0.439. The van der Waals surface area contributed by atoms with E-state index in [1.54, 1.807) is 18.2 Å². The van der Waals surface area contributed by atoms with Crippen molar-refractivity contribution in [2.45, 2.75) is 20.0 Å². The maximum absolute atomic E-state index is 12.1. The van der Waals surface area contributed by atoms with Gasteiger partial charge in [0.15, 0.2) is 0 Å². The number of rotatable bonds is 7. The third kappa shape index (κ3) is 6.73. The van der Waals surface area contributed by atoms with Crippen LogP contribution in [0.4, 0.5) is 0 Å². The van der Waals surface area contributed by atoms with Gasteiger partial charge in [-0.2, -0.15) is 5.10 Å². The number of nitrogens with one attached hydrogen (secondary N) is 1. The third-order valence-corrected chi connectivity index (χ3v) is 4.92. The molecule has 0 heterocycles. The summed E-state index contributed by atoms with van der Waals surface area (Å²) < 4.78 is 6.89. The molecule has 0 aliphatic rings. The predicted molar refractivity (Wildman–Crippen MR) is 121 cm³/mol. The molecule has 3 aromatic carbocycles. The van der Waals surface area contributed by atoms with E-state index >= 15 is 0 Å². The molecule has 1 amide bonds. The fourth-order valence-corrected chi connectivity index (χ4v) is 3.04. The van der Waals surface area contributed by atoms with Crippen molar-refractivity contribution >= 4 is 39.7 Å². The highest BCUT2D eigenvalue weighted by Gasteiger charge is 2.05. The molecule has 0 spiro atoms. The molecular weight excluding hydrogens is 452 g/mol. The molecule has 3 aromatic rings. The summed E-state index contributed by atoms with van der Waals surface area (Å²) in [5, 5.41) is 4.62. The third-order valence-electron chi connectivity index (χ3n) is 4.16. The van der Waals surface area contributed by atoms with Crippen molar-refractivity contribution in [1.82, 2.24) is 5.43 Å². The molecule has 4 nitrogen and oxygen atoms in total. The fourth-order valence-electron chi connectivity index (χ4n) is 2.60. The van der Waals surface area contributed by atoms with Crippen LogP contribution < -0.4 is 10.2 Å². The molecule has 0 aromatic heterocycles. The standard InChI is InChI=1S/C23H20BrClN2O2/c1-16-2-4-18(5-3-16)15-29-22-11-10-21(25)13-19(22)14-26-27-23(28)12-17-6-8-20(24)9-7-17/h2-11,13-14H,12,15H2,1H3,(H,27,28)/b26-14+. The zero-order chi connectivity index (χ0) is 20.6. The Balaban J connectivity index is 1.61. The van der Waals surface area contributed by atoms with Gasteiger partial charge >= 0.3 is 0 Å². The second-order valence-corrected chi connectivity index (χ2v) is 7.90. The summed E-state index contributed by atoms with van der Waals surface area (Å²) in [4.78, 5) is 12.1. The van der Waals surface area contributed by atoms with Gasteiger partial charge in [-0.3, -0.25) is 4.79 Å². The highest BCUT2D eigenvalue weighted by Crippen LogP contribution is 2.22. The minimum Gasteiger partial charge on any atom is -0.488 e. The van der Waals surface area contributed by atoms with Gasteiger partial charge < -0.3 is 4.74 Å². The number of amides is 1. The molecule has 0 radical (unpaired) electrons. The fraction of sp³-hybridized carbons (Fsp3) is 0.130. The van der Waals surface area contributed by atoms with Crippen molar-refractivity contribution in [2.75, 3.05) is 0 Å². The molecule has 0 atom stereocenters. The second kappa shape index (κ2) is 10.2. The minimum atomic E-state index is -0.201. The van der Waals surface area contributed by atoms with Crippen molar-refractivity contribution < 1.29 is 9.53 Å². The monoisotopic (exact) mass is 470 g/mol. The van der Waals surface area contributed by atoms with Crippen molar-refractivity contribution in [3.63, 3.8) is 0 Å². The summed E-state index contributed by atoms with van der Waals surface area (Å²) in [5.41, 5.74) is 6.40. The molecule has 0 aliphatic carbocycles. The zero-order valence-corrected chi connectivity index (χ0v) is 18.2. The lowest BCUT2D eigenvalue weighted by Crippen LogP contribution is -2.19. The number of aryl methyl sites for hydroxylation is 1. The highest BCUT2D eigenvalue weighted by molar-refractivity contribution is 9.10. The van der Waals surface area contributed by atoms with E-state index in [9.17, 15) is 4.79 Å². The van der Waals surface area contributed by atoms with Crippen LogP contribution in [0.1, 0.15) is 22.3 Å². The van der Waals surface area contributed by atoms with E-state index in [2.05, 4.69) is 26.5 Å². The van der Waals surface area contributed by atoms with Crippen molar-refractivity contribution in [1.29, 1.82) is 0 Å². The average Bonchev–Trinajstić information content (AvgIpc) is 2.70. The minimum absolute atomic E-state index is 0.201. The van der Waals surface area contributed by atoms with Crippen molar-refractivity contribution in [3.05, 3.63) is 98.5 Å². The van der Waals surface area contributed by atoms with E-state index in [-0.39, 0.29) is 12.3 Å². The van der Waals surface area contributed by atoms with Crippen LogP contribution in [0.15, 0.2) is 76.3 Å². The van der Waals surface area contributed by atoms with Gasteiger partial charge in [0.1, 0.15) is 12.4 Å². The Labute approximate surface area is 183 Å². The van der Waals surface area contributed by atoms with Crippen LogP contribution in [0, 0.1) is 6.92 Å². The molecule has 6 heteroatoms. The first-order chi connectivity index (χ1) is 14.0. The Morgan fingerprint density at radius 3 is 2.48 bits per heavy atom. The summed E-state index contributed by atoms with van der Waals surface area (Å²) in [7, 11) is 0. The van der Waals surface area contributed by atoms with Crippen molar-refractivity contribution in [2.24, 2.45) is 5.10 Å². The van der Waals surface area contributed by atoms with E-state index in [1.807, 2.05) is 55.5 Å². The van der Waals surface area contributed by atoms with Gasteiger partial charge in [-0.05, 0) is 48.4 Å². The van der Waals surface area contributed by atoms with Gasteiger partial charge in [-0.25, -0.2) is 5.43 Å². The van der Waals surface area contributed by atoms with Gasteiger partial charge in [-0.1, -0.05) is 69.5 Å². The molecule has 0 bridgehead atoms. The zero-order valence-electron chi connectivity index (χ0n) is 15.9. The average molecular weight is 472 g/mol. The number of hydrazone groups is 1. The number of hydrogen-bond acceptors (Lipinski definition) is 3. The lowest BCUT2D eigenvalue weighted by atomic mass is 10.1. The Morgan fingerprint density at radius 2 is 1.76 bits per heavy atom. The van der Waals surface area contributed by atoms with Gasteiger partial charge in [0.2, 0.25) is 5.91 Å². The number of ether oxygens (including phenoxy) is 1. The first-order valence-corrected chi connectivity index (χ1v) is 10.2. The molecule has 0 fully saturated rings. The number of nitrogens with zero attached hydrogens (tertiary/aromatic N) is 1. The van der Waals surface area contributed by atoms with Crippen LogP contribution in [-0.2, 0) is 17.8 Å². The van der Waals surface area contributed by atoms with E-state index < -0.39 is 0 Å². The van der Waals surface area contributed by atoms with Gasteiger partial charge in [0, 0.05) is 15.1 Å². The SMILES string of the molecule is Cc1ccc(COc2ccc(Cl)cc2/C=N/NC(=O)Cc2ccc(Br)cc2)cc1. The molecule has 148 valence electrons.